The van der Waals surface area contributed by atoms with Gasteiger partial charge in [-0.15, -0.1) is 11.3 Å². The van der Waals surface area contributed by atoms with Gasteiger partial charge in [0.1, 0.15) is 5.01 Å². The lowest BCUT2D eigenvalue weighted by Gasteiger charge is -2.29. The highest BCUT2D eigenvalue weighted by molar-refractivity contribution is 7.09. The van der Waals surface area contributed by atoms with Crippen LogP contribution in [0.1, 0.15) is 29.8 Å². The predicted octanol–water partition coefficient (Wildman–Crippen LogP) is 3.84. The first-order valence-electron chi connectivity index (χ1n) is 9.49. The molecule has 1 saturated heterocycles. The third-order valence-corrected chi connectivity index (χ3v) is 6.83. The van der Waals surface area contributed by atoms with E-state index in [9.17, 15) is 0 Å². The van der Waals surface area contributed by atoms with Crippen LogP contribution >= 0.6 is 11.3 Å². The van der Waals surface area contributed by atoms with Crippen molar-refractivity contribution in [3.05, 3.63) is 58.7 Å². The van der Waals surface area contributed by atoms with E-state index in [0.29, 0.717) is 11.5 Å². The highest BCUT2D eigenvalue weighted by atomic mass is 32.1. The van der Waals surface area contributed by atoms with Crippen LogP contribution < -0.4 is 5.32 Å². The van der Waals surface area contributed by atoms with E-state index in [4.69, 9.17) is 0 Å². The standard InChI is InChI=1S/C21H24N4S/c1-2-17-12-16(3-4-18(17)23-7-1)14-25(15-20-24-10-11-26-20)19-13-21(19)5-8-22-9-6-21/h1-4,7,10-12,19,22H,5-6,8-9,13-15H2/t19-/m1/s1. The number of aromatic nitrogens is 2. The van der Waals surface area contributed by atoms with Gasteiger partial charge in [0.25, 0.3) is 0 Å². The molecule has 1 spiro atoms. The molecule has 2 aromatic heterocycles. The number of hydrogen-bond donors (Lipinski definition) is 1. The van der Waals surface area contributed by atoms with Crippen LogP contribution in [-0.4, -0.2) is 34.0 Å². The Hall–Kier alpha value is -1.82. The van der Waals surface area contributed by atoms with Gasteiger partial charge in [-0.1, -0.05) is 12.1 Å². The molecule has 134 valence electrons. The number of fused-ring (bicyclic) bond motifs is 1. The Morgan fingerprint density at radius 1 is 1.12 bits per heavy atom. The van der Waals surface area contributed by atoms with Gasteiger partial charge < -0.3 is 5.32 Å². The summed E-state index contributed by atoms with van der Waals surface area (Å²) in [6.45, 7) is 4.29. The van der Waals surface area contributed by atoms with Crippen LogP contribution in [0.2, 0.25) is 0 Å². The van der Waals surface area contributed by atoms with Crippen molar-refractivity contribution in [2.24, 2.45) is 5.41 Å². The fraction of sp³-hybridized carbons (Fsp3) is 0.429. The van der Waals surface area contributed by atoms with Crippen molar-refractivity contribution in [2.45, 2.75) is 38.4 Å². The number of rotatable bonds is 5. The van der Waals surface area contributed by atoms with Gasteiger partial charge in [0.15, 0.2) is 0 Å². The first kappa shape index (κ1) is 16.4. The molecule has 26 heavy (non-hydrogen) atoms. The Morgan fingerprint density at radius 3 is 2.88 bits per heavy atom. The van der Waals surface area contributed by atoms with Crippen LogP contribution in [0.4, 0.5) is 0 Å². The molecule has 1 N–H and O–H groups in total. The van der Waals surface area contributed by atoms with Gasteiger partial charge in [-0.3, -0.25) is 9.88 Å². The van der Waals surface area contributed by atoms with E-state index < -0.39 is 0 Å². The van der Waals surface area contributed by atoms with Gasteiger partial charge in [0.2, 0.25) is 0 Å². The molecule has 0 unspecified atom stereocenters. The molecule has 2 fully saturated rings. The van der Waals surface area contributed by atoms with Crippen LogP contribution in [0, 0.1) is 5.41 Å². The normalized spacial score (nSPS) is 21.5. The summed E-state index contributed by atoms with van der Waals surface area (Å²) in [6, 6.07) is 11.6. The molecule has 1 aliphatic carbocycles. The van der Waals surface area contributed by atoms with Crippen molar-refractivity contribution < 1.29 is 0 Å². The highest BCUT2D eigenvalue weighted by Gasteiger charge is 2.56. The smallest absolute Gasteiger partial charge is 0.107 e. The Morgan fingerprint density at radius 2 is 2.04 bits per heavy atom. The number of hydrogen-bond acceptors (Lipinski definition) is 5. The van der Waals surface area contributed by atoms with Crippen molar-refractivity contribution in [1.29, 1.82) is 0 Å². The molecule has 0 radical (unpaired) electrons. The molecular weight excluding hydrogens is 340 g/mol. The third-order valence-electron chi connectivity index (χ3n) is 6.06. The first-order valence-corrected chi connectivity index (χ1v) is 10.4. The second kappa shape index (κ2) is 6.72. The minimum atomic E-state index is 0.543. The van der Waals surface area contributed by atoms with E-state index in [1.807, 2.05) is 18.5 Å². The number of piperidine rings is 1. The van der Waals surface area contributed by atoms with E-state index in [-0.39, 0.29) is 0 Å². The second-order valence-electron chi connectivity index (χ2n) is 7.69. The minimum absolute atomic E-state index is 0.543. The lowest BCUT2D eigenvalue weighted by molar-refractivity contribution is 0.188. The van der Waals surface area contributed by atoms with Crippen molar-refractivity contribution in [1.82, 2.24) is 20.2 Å². The molecule has 4 nitrogen and oxygen atoms in total. The lowest BCUT2D eigenvalue weighted by atomic mass is 9.93. The van der Waals surface area contributed by atoms with Crippen molar-refractivity contribution in [2.75, 3.05) is 13.1 Å². The summed E-state index contributed by atoms with van der Waals surface area (Å²) in [5.74, 6) is 0. The third kappa shape index (κ3) is 3.15. The maximum atomic E-state index is 4.55. The van der Waals surface area contributed by atoms with Gasteiger partial charge in [-0.2, -0.15) is 0 Å². The SMILES string of the molecule is c1cnc2ccc(CN(Cc3nccs3)[C@@H]3CC34CCNCC4)cc2c1. The maximum absolute atomic E-state index is 4.55. The summed E-state index contributed by atoms with van der Waals surface area (Å²) in [5, 5.41) is 8.06. The van der Waals surface area contributed by atoms with Gasteiger partial charge >= 0.3 is 0 Å². The molecule has 0 amide bonds. The number of pyridine rings is 1. The van der Waals surface area contributed by atoms with Crippen LogP contribution in [0.5, 0.6) is 0 Å². The number of benzene rings is 1. The molecule has 3 heterocycles. The molecule has 1 atom stereocenters. The molecule has 0 bridgehead atoms. The van der Waals surface area contributed by atoms with Crippen LogP contribution in [0.3, 0.4) is 0 Å². The number of thiazole rings is 1. The largest absolute Gasteiger partial charge is 0.317 e. The number of nitrogens with zero attached hydrogens (tertiary/aromatic N) is 3. The molecule has 5 heteroatoms. The quantitative estimate of drug-likeness (QED) is 0.747. The Bertz CT molecular complexity index is 886. The van der Waals surface area contributed by atoms with Gasteiger partial charge in [0.05, 0.1) is 12.1 Å². The molecule has 1 aromatic carbocycles. The fourth-order valence-electron chi connectivity index (χ4n) is 4.54. The molecule has 3 aromatic rings. The van der Waals surface area contributed by atoms with Gasteiger partial charge in [0, 0.05) is 35.7 Å². The zero-order valence-electron chi connectivity index (χ0n) is 14.9. The van der Waals surface area contributed by atoms with E-state index >= 15 is 0 Å². The van der Waals surface area contributed by atoms with E-state index in [0.717, 1.165) is 18.6 Å². The summed E-state index contributed by atoms with van der Waals surface area (Å²) in [5.41, 5.74) is 2.99. The predicted molar refractivity (Wildman–Crippen MR) is 106 cm³/mol. The van der Waals surface area contributed by atoms with Gasteiger partial charge in [-0.05, 0) is 61.5 Å². The monoisotopic (exact) mass is 364 g/mol. The topological polar surface area (TPSA) is 41.1 Å². The Balaban J connectivity index is 1.40. The van der Waals surface area contributed by atoms with Crippen molar-refractivity contribution in [3.8, 4) is 0 Å². The molecule has 1 aliphatic heterocycles. The van der Waals surface area contributed by atoms with Crippen molar-refractivity contribution >= 4 is 22.2 Å². The summed E-state index contributed by atoms with van der Waals surface area (Å²) in [7, 11) is 0. The van der Waals surface area contributed by atoms with Crippen LogP contribution in [-0.2, 0) is 13.1 Å². The average Bonchev–Trinajstić information content (AvgIpc) is 3.11. The molecule has 2 aliphatic rings. The summed E-state index contributed by atoms with van der Waals surface area (Å²) < 4.78 is 0. The summed E-state index contributed by atoms with van der Waals surface area (Å²) in [4.78, 5) is 11.7. The molecule has 1 saturated carbocycles. The summed E-state index contributed by atoms with van der Waals surface area (Å²) in [6.07, 6.45) is 7.76. The highest BCUT2D eigenvalue weighted by Crippen LogP contribution is 2.56. The van der Waals surface area contributed by atoms with E-state index in [1.54, 1.807) is 11.3 Å². The zero-order valence-corrected chi connectivity index (χ0v) is 15.7. The van der Waals surface area contributed by atoms with Crippen LogP contribution in [0.15, 0.2) is 48.1 Å². The first-order chi connectivity index (χ1) is 12.8. The average molecular weight is 365 g/mol. The summed E-state index contributed by atoms with van der Waals surface area (Å²) >= 11 is 1.77. The van der Waals surface area contributed by atoms with Crippen molar-refractivity contribution in [3.63, 3.8) is 0 Å². The van der Waals surface area contributed by atoms with E-state index in [2.05, 4.69) is 49.8 Å². The maximum Gasteiger partial charge on any atom is 0.107 e. The molecular formula is C21H24N4S. The zero-order chi connectivity index (χ0) is 17.4. The minimum Gasteiger partial charge on any atom is -0.317 e. The lowest BCUT2D eigenvalue weighted by Crippen LogP contribution is -2.35. The Kier molecular flexibility index (Phi) is 4.23. The van der Waals surface area contributed by atoms with Gasteiger partial charge in [-0.25, -0.2) is 4.98 Å². The number of nitrogens with one attached hydrogen (secondary N) is 1. The van der Waals surface area contributed by atoms with Crippen LogP contribution in [0.25, 0.3) is 10.9 Å². The van der Waals surface area contributed by atoms with E-state index in [1.165, 1.54) is 48.3 Å². The fourth-order valence-corrected chi connectivity index (χ4v) is 5.18. The second-order valence-corrected chi connectivity index (χ2v) is 8.67. The molecule has 5 rings (SSSR count). The Labute approximate surface area is 158 Å².